The Balaban J connectivity index is 2.21. The Morgan fingerprint density at radius 3 is 2.15 bits per heavy atom. The van der Waals surface area contributed by atoms with E-state index < -0.39 is 0 Å². The highest BCUT2D eigenvalue weighted by Crippen LogP contribution is 2.28. The van der Waals surface area contributed by atoms with Crippen molar-refractivity contribution in [2.45, 2.75) is 38.6 Å². The molecular weight excluding hydrogens is 244 g/mol. The molecule has 0 aliphatic carbocycles. The van der Waals surface area contributed by atoms with Gasteiger partial charge in [-0.05, 0) is 24.5 Å². The normalized spacial score (nSPS) is 13.2. The maximum atomic E-state index is 5.82. The van der Waals surface area contributed by atoms with E-state index in [1.807, 2.05) is 6.07 Å². The quantitative estimate of drug-likeness (QED) is 0.644. The summed E-state index contributed by atoms with van der Waals surface area (Å²) in [4.78, 5) is 0. The van der Waals surface area contributed by atoms with Gasteiger partial charge < -0.3 is 0 Å². The second kappa shape index (κ2) is 6.21. The Morgan fingerprint density at radius 2 is 1.60 bits per heavy atom. The van der Waals surface area contributed by atoms with Crippen LogP contribution in [0.1, 0.15) is 30.5 Å². The predicted octanol–water partition coefficient (Wildman–Crippen LogP) is 3.35. The molecule has 0 aliphatic heterocycles. The number of hydrogen-bond acceptors (Lipinski definition) is 2. The zero-order valence-electron chi connectivity index (χ0n) is 12.6. The van der Waals surface area contributed by atoms with Crippen molar-refractivity contribution < 1.29 is 0 Å². The van der Waals surface area contributed by atoms with Crippen LogP contribution in [0.15, 0.2) is 54.6 Å². The molecule has 0 saturated heterocycles. The van der Waals surface area contributed by atoms with Crippen LogP contribution < -0.4 is 11.3 Å². The maximum Gasteiger partial charge on any atom is 0.0342 e. The summed E-state index contributed by atoms with van der Waals surface area (Å²) in [5.41, 5.74) is 6.87. The molecule has 2 aromatic rings. The van der Waals surface area contributed by atoms with Gasteiger partial charge in [0.05, 0.1) is 0 Å². The van der Waals surface area contributed by atoms with Gasteiger partial charge >= 0.3 is 0 Å². The van der Waals surface area contributed by atoms with Crippen LogP contribution in [0.25, 0.3) is 0 Å². The molecular formula is C18H24N2. The molecule has 0 aliphatic rings. The van der Waals surface area contributed by atoms with Gasteiger partial charge in [0.2, 0.25) is 0 Å². The Labute approximate surface area is 122 Å². The van der Waals surface area contributed by atoms with Crippen LogP contribution in [0.3, 0.4) is 0 Å². The first-order chi connectivity index (χ1) is 9.54. The Hall–Kier alpha value is -1.64. The lowest BCUT2D eigenvalue weighted by atomic mass is 9.75. The van der Waals surface area contributed by atoms with E-state index in [0.717, 1.165) is 6.42 Å². The first-order valence-electron chi connectivity index (χ1n) is 7.11. The summed E-state index contributed by atoms with van der Waals surface area (Å²) < 4.78 is 0. The first-order valence-corrected chi connectivity index (χ1v) is 7.11. The third-order valence-electron chi connectivity index (χ3n) is 4.15. The lowest BCUT2D eigenvalue weighted by molar-refractivity contribution is 0.341. The second-order valence-corrected chi connectivity index (χ2v) is 6.00. The van der Waals surface area contributed by atoms with Crippen LogP contribution in [0.4, 0.5) is 0 Å². The molecule has 2 nitrogen and oxygen atoms in total. The molecule has 1 atom stereocenters. The molecule has 106 valence electrons. The average Bonchev–Trinajstić information content (AvgIpc) is 2.47. The summed E-state index contributed by atoms with van der Waals surface area (Å²) in [6.07, 6.45) is 0.915. The highest BCUT2D eigenvalue weighted by atomic mass is 15.2. The molecule has 0 bridgehead atoms. The van der Waals surface area contributed by atoms with Crippen molar-refractivity contribution in [3.8, 4) is 0 Å². The van der Waals surface area contributed by atoms with Gasteiger partial charge in [0.25, 0.3) is 0 Å². The predicted molar refractivity (Wildman–Crippen MR) is 85.5 cm³/mol. The number of hydrazine groups is 1. The highest BCUT2D eigenvalue weighted by Gasteiger charge is 2.30. The SMILES string of the molecule is Cc1ccc(CC(NN)C(C)(C)c2ccccc2)cc1. The number of benzene rings is 2. The van der Waals surface area contributed by atoms with Crippen molar-refractivity contribution in [3.05, 3.63) is 71.3 Å². The second-order valence-electron chi connectivity index (χ2n) is 6.00. The molecule has 2 heteroatoms. The topological polar surface area (TPSA) is 38.0 Å². The largest absolute Gasteiger partial charge is 0.271 e. The molecule has 0 radical (unpaired) electrons. The third kappa shape index (κ3) is 3.27. The number of nitrogens with two attached hydrogens (primary N) is 1. The summed E-state index contributed by atoms with van der Waals surface area (Å²) in [7, 11) is 0. The molecule has 0 spiro atoms. The Morgan fingerprint density at radius 1 is 1.00 bits per heavy atom. The molecule has 0 saturated carbocycles. The molecule has 0 heterocycles. The minimum Gasteiger partial charge on any atom is -0.271 e. The van der Waals surface area contributed by atoms with Crippen molar-refractivity contribution >= 4 is 0 Å². The summed E-state index contributed by atoms with van der Waals surface area (Å²) >= 11 is 0. The zero-order chi connectivity index (χ0) is 14.6. The molecule has 2 aromatic carbocycles. The van der Waals surface area contributed by atoms with Crippen molar-refractivity contribution in [2.75, 3.05) is 0 Å². The standard InChI is InChI=1S/C18H24N2/c1-14-9-11-15(12-10-14)13-17(20-19)18(2,3)16-7-5-4-6-8-16/h4-12,17,20H,13,19H2,1-3H3. The summed E-state index contributed by atoms with van der Waals surface area (Å²) in [6.45, 7) is 6.58. The van der Waals surface area contributed by atoms with Crippen molar-refractivity contribution in [1.82, 2.24) is 5.43 Å². The first kappa shape index (κ1) is 14.8. The van der Waals surface area contributed by atoms with E-state index >= 15 is 0 Å². The van der Waals surface area contributed by atoms with Gasteiger partial charge in [-0.2, -0.15) is 0 Å². The Bertz CT molecular complexity index is 529. The number of rotatable bonds is 5. The van der Waals surface area contributed by atoms with E-state index in [-0.39, 0.29) is 11.5 Å². The van der Waals surface area contributed by atoms with Gasteiger partial charge in [0.1, 0.15) is 0 Å². The maximum absolute atomic E-state index is 5.82. The van der Waals surface area contributed by atoms with Gasteiger partial charge in [-0.25, -0.2) is 0 Å². The van der Waals surface area contributed by atoms with Crippen molar-refractivity contribution in [1.29, 1.82) is 0 Å². The van der Waals surface area contributed by atoms with E-state index in [1.54, 1.807) is 0 Å². The minimum atomic E-state index is -0.0269. The molecule has 0 amide bonds. The van der Waals surface area contributed by atoms with Gasteiger partial charge in [0, 0.05) is 11.5 Å². The number of nitrogens with one attached hydrogen (secondary N) is 1. The summed E-state index contributed by atoms with van der Waals surface area (Å²) in [5, 5.41) is 0. The van der Waals surface area contributed by atoms with Crippen LogP contribution in [-0.4, -0.2) is 6.04 Å². The fourth-order valence-electron chi connectivity index (χ4n) is 2.55. The van der Waals surface area contributed by atoms with Gasteiger partial charge in [0.15, 0.2) is 0 Å². The van der Waals surface area contributed by atoms with E-state index in [2.05, 4.69) is 74.7 Å². The molecule has 2 rings (SSSR count). The van der Waals surface area contributed by atoms with Gasteiger partial charge in [-0.1, -0.05) is 74.0 Å². The van der Waals surface area contributed by atoms with E-state index in [1.165, 1.54) is 16.7 Å². The van der Waals surface area contributed by atoms with Crippen LogP contribution >= 0.6 is 0 Å². The van der Waals surface area contributed by atoms with E-state index in [0.29, 0.717) is 0 Å². The van der Waals surface area contributed by atoms with Crippen molar-refractivity contribution in [2.24, 2.45) is 5.84 Å². The monoisotopic (exact) mass is 268 g/mol. The summed E-state index contributed by atoms with van der Waals surface area (Å²) in [5.74, 6) is 5.82. The number of hydrogen-bond donors (Lipinski definition) is 2. The molecule has 3 N–H and O–H groups in total. The molecule has 20 heavy (non-hydrogen) atoms. The van der Waals surface area contributed by atoms with E-state index in [4.69, 9.17) is 5.84 Å². The van der Waals surface area contributed by atoms with Crippen molar-refractivity contribution in [3.63, 3.8) is 0 Å². The number of aryl methyl sites for hydroxylation is 1. The third-order valence-corrected chi connectivity index (χ3v) is 4.15. The van der Waals surface area contributed by atoms with Gasteiger partial charge in [-0.15, -0.1) is 0 Å². The lowest BCUT2D eigenvalue weighted by Gasteiger charge is -2.34. The minimum absolute atomic E-state index is 0.0269. The fraction of sp³-hybridized carbons (Fsp3) is 0.333. The summed E-state index contributed by atoms with van der Waals surface area (Å²) in [6, 6.07) is 19.4. The lowest BCUT2D eigenvalue weighted by Crippen LogP contribution is -2.49. The van der Waals surface area contributed by atoms with Crippen LogP contribution in [0.5, 0.6) is 0 Å². The molecule has 1 unspecified atom stereocenters. The smallest absolute Gasteiger partial charge is 0.0342 e. The zero-order valence-corrected chi connectivity index (χ0v) is 12.6. The van der Waals surface area contributed by atoms with Crippen LogP contribution in [0.2, 0.25) is 0 Å². The molecule has 0 fully saturated rings. The van der Waals surface area contributed by atoms with Gasteiger partial charge in [-0.3, -0.25) is 11.3 Å². The molecule has 0 aromatic heterocycles. The highest BCUT2D eigenvalue weighted by molar-refractivity contribution is 5.28. The average molecular weight is 268 g/mol. The van der Waals surface area contributed by atoms with E-state index in [9.17, 15) is 0 Å². The Kier molecular flexibility index (Phi) is 4.58. The fourth-order valence-corrected chi connectivity index (χ4v) is 2.55. The van der Waals surface area contributed by atoms with Crippen LogP contribution in [0, 0.1) is 6.92 Å². The van der Waals surface area contributed by atoms with Crippen LogP contribution in [-0.2, 0) is 11.8 Å².